The van der Waals surface area contributed by atoms with E-state index >= 15 is 0 Å². The van der Waals surface area contributed by atoms with E-state index in [0.29, 0.717) is 17.1 Å². The van der Waals surface area contributed by atoms with Crippen LogP contribution >= 0.6 is 0 Å². The largest absolute Gasteiger partial charge is 0.453 e. The lowest BCUT2D eigenvalue weighted by atomic mass is 10.2. The van der Waals surface area contributed by atoms with E-state index in [4.69, 9.17) is 15.7 Å². The van der Waals surface area contributed by atoms with Crippen LogP contribution in [-0.4, -0.2) is 20.8 Å². The van der Waals surface area contributed by atoms with Gasteiger partial charge in [0.15, 0.2) is 11.6 Å². The van der Waals surface area contributed by atoms with E-state index in [1.54, 1.807) is 35.3 Å². The summed E-state index contributed by atoms with van der Waals surface area (Å²) >= 11 is 0. The second-order valence-electron chi connectivity index (χ2n) is 3.62. The minimum absolute atomic E-state index is 0.00785. The van der Waals surface area contributed by atoms with Crippen molar-refractivity contribution in [3.05, 3.63) is 42.2 Å². The third kappa shape index (κ3) is 2.42. The van der Waals surface area contributed by atoms with Crippen LogP contribution in [0.3, 0.4) is 0 Å². The highest BCUT2D eigenvalue weighted by Crippen LogP contribution is 2.24. The van der Waals surface area contributed by atoms with Gasteiger partial charge in [-0.3, -0.25) is 4.68 Å². The number of hydrogen-bond acceptors (Lipinski definition) is 4. The smallest absolute Gasteiger partial charge is 0.173 e. The van der Waals surface area contributed by atoms with Crippen molar-refractivity contribution < 1.29 is 9.94 Å². The summed E-state index contributed by atoms with van der Waals surface area (Å²) in [4.78, 5) is 0. The maximum atomic E-state index is 8.71. The van der Waals surface area contributed by atoms with Crippen LogP contribution in [0.25, 0.3) is 0 Å². The van der Waals surface area contributed by atoms with Crippen LogP contribution in [-0.2, 0) is 6.54 Å². The summed E-state index contributed by atoms with van der Waals surface area (Å²) in [5.74, 6) is 1.13. The summed E-state index contributed by atoms with van der Waals surface area (Å²) in [7, 11) is 0. The molecule has 0 unspecified atom stereocenters. The first kappa shape index (κ1) is 12.0. The fourth-order valence-corrected chi connectivity index (χ4v) is 1.52. The average Bonchev–Trinajstić information content (AvgIpc) is 2.86. The highest BCUT2D eigenvalue weighted by Gasteiger charge is 2.09. The van der Waals surface area contributed by atoms with Gasteiger partial charge in [0.25, 0.3) is 0 Å². The Bertz CT molecular complexity index is 563. The van der Waals surface area contributed by atoms with Crippen molar-refractivity contribution in [3.63, 3.8) is 0 Å². The molecule has 0 spiro atoms. The number of oxime groups is 1. The highest BCUT2D eigenvalue weighted by molar-refractivity contribution is 5.99. The molecule has 1 aromatic heterocycles. The minimum Gasteiger partial charge on any atom is -0.453 e. The van der Waals surface area contributed by atoms with E-state index in [-0.39, 0.29) is 5.84 Å². The van der Waals surface area contributed by atoms with Crippen molar-refractivity contribution in [3.8, 4) is 11.5 Å². The number of aromatic nitrogens is 2. The van der Waals surface area contributed by atoms with E-state index in [1.807, 2.05) is 13.0 Å². The molecule has 0 saturated heterocycles. The molecule has 2 rings (SSSR count). The van der Waals surface area contributed by atoms with E-state index in [2.05, 4.69) is 10.3 Å². The Morgan fingerprint density at radius 3 is 2.94 bits per heavy atom. The summed E-state index contributed by atoms with van der Waals surface area (Å²) in [5.41, 5.74) is 6.11. The predicted octanol–water partition coefficient (Wildman–Crippen LogP) is 1.79. The zero-order chi connectivity index (χ0) is 13.0. The maximum Gasteiger partial charge on any atom is 0.173 e. The van der Waals surface area contributed by atoms with Crippen LogP contribution in [0.15, 0.2) is 41.8 Å². The lowest BCUT2D eigenvalue weighted by Crippen LogP contribution is -2.13. The van der Waals surface area contributed by atoms with Crippen molar-refractivity contribution in [2.75, 3.05) is 0 Å². The fraction of sp³-hybridized carbons (Fsp3) is 0.167. The fourth-order valence-electron chi connectivity index (χ4n) is 1.52. The molecule has 1 aromatic carbocycles. The van der Waals surface area contributed by atoms with Gasteiger partial charge >= 0.3 is 0 Å². The van der Waals surface area contributed by atoms with Crippen molar-refractivity contribution in [1.82, 2.24) is 9.78 Å². The molecule has 0 atom stereocenters. The normalized spacial score (nSPS) is 11.5. The van der Waals surface area contributed by atoms with Gasteiger partial charge in [0, 0.05) is 6.54 Å². The molecule has 0 aliphatic carbocycles. The Labute approximate surface area is 104 Å². The second-order valence-corrected chi connectivity index (χ2v) is 3.62. The highest BCUT2D eigenvalue weighted by atomic mass is 16.5. The van der Waals surface area contributed by atoms with Gasteiger partial charge in [-0.1, -0.05) is 17.3 Å². The third-order valence-corrected chi connectivity index (χ3v) is 2.43. The number of benzene rings is 1. The summed E-state index contributed by atoms with van der Waals surface area (Å²) < 4.78 is 7.41. The van der Waals surface area contributed by atoms with Gasteiger partial charge < -0.3 is 15.7 Å². The van der Waals surface area contributed by atoms with Crippen molar-refractivity contribution in [2.45, 2.75) is 13.5 Å². The number of aryl methyl sites for hydroxylation is 1. The van der Waals surface area contributed by atoms with Gasteiger partial charge in [-0.05, 0) is 19.1 Å². The number of nitrogens with zero attached hydrogens (tertiary/aromatic N) is 3. The van der Waals surface area contributed by atoms with E-state index < -0.39 is 0 Å². The molecule has 0 fully saturated rings. The Kier molecular flexibility index (Phi) is 3.47. The topological polar surface area (TPSA) is 85.7 Å². The van der Waals surface area contributed by atoms with Crippen LogP contribution in [0.2, 0.25) is 0 Å². The lowest BCUT2D eigenvalue weighted by Gasteiger charge is -2.07. The van der Waals surface area contributed by atoms with Gasteiger partial charge in [-0.2, -0.15) is 5.10 Å². The molecule has 94 valence electrons. The molecule has 2 aromatic rings. The molecule has 0 radical (unpaired) electrons. The van der Waals surface area contributed by atoms with E-state index in [9.17, 15) is 0 Å². The molecule has 6 nitrogen and oxygen atoms in total. The predicted molar refractivity (Wildman–Crippen MR) is 66.9 cm³/mol. The molecule has 6 heteroatoms. The summed E-state index contributed by atoms with van der Waals surface area (Å²) in [6.07, 6.45) is 3.40. The summed E-state index contributed by atoms with van der Waals surface area (Å²) in [6, 6.07) is 7.06. The lowest BCUT2D eigenvalue weighted by molar-refractivity contribution is 0.318. The Hall–Kier alpha value is -2.50. The molecular formula is C12H14N4O2. The van der Waals surface area contributed by atoms with Gasteiger partial charge in [0.05, 0.1) is 18.0 Å². The monoisotopic (exact) mass is 246 g/mol. The molecule has 0 aliphatic heterocycles. The molecular weight excluding hydrogens is 232 g/mol. The molecule has 0 bridgehead atoms. The van der Waals surface area contributed by atoms with Crippen LogP contribution in [0, 0.1) is 0 Å². The van der Waals surface area contributed by atoms with Gasteiger partial charge in [-0.15, -0.1) is 0 Å². The Morgan fingerprint density at radius 1 is 1.50 bits per heavy atom. The molecule has 0 aliphatic rings. The standard InChI is InChI=1S/C12H14N4O2/c1-2-16-8-9(7-14-16)18-11-6-4-3-5-10(11)12(13)15-17/h3-8,17H,2H2,1H3,(H2,13,15). The SMILES string of the molecule is CCn1cc(Oc2ccccc2/C(N)=N/O)cn1. The zero-order valence-electron chi connectivity index (χ0n) is 9.95. The summed E-state index contributed by atoms with van der Waals surface area (Å²) in [6.45, 7) is 2.76. The number of ether oxygens (including phenoxy) is 1. The van der Waals surface area contributed by atoms with Gasteiger partial charge in [0.2, 0.25) is 0 Å². The van der Waals surface area contributed by atoms with Crippen molar-refractivity contribution in [1.29, 1.82) is 0 Å². The minimum atomic E-state index is 0.00785. The molecule has 18 heavy (non-hydrogen) atoms. The first-order chi connectivity index (χ1) is 8.74. The van der Waals surface area contributed by atoms with Gasteiger partial charge in [0.1, 0.15) is 5.75 Å². The molecule has 0 amide bonds. The summed E-state index contributed by atoms with van der Waals surface area (Å²) in [5, 5.41) is 15.8. The second kappa shape index (κ2) is 5.22. The number of para-hydroxylation sites is 1. The maximum absolute atomic E-state index is 8.71. The van der Waals surface area contributed by atoms with Crippen molar-refractivity contribution >= 4 is 5.84 Å². The molecule has 1 heterocycles. The van der Waals surface area contributed by atoms with E-state index in [0.717, 1.165) is 6.54 Å². The first-order valence-electron chi connectivity index (χ1n) is 5.51. The number of hydrogen-bond donors (Lipinski definition) is 2. The first-order valence-corrected chi connectivity index (χ1v) is 5.51. The van der Waals surface area contributed by atoms with Crippen LogP contribution < -0.4 is 10.5 Å². The van der Waals surface area contributed by atoms with Crippen LogP contribution in [0.5, 0.6) is 11.5 Å². The number of amidine groups is 1. The van der Waals surface area contributed by atoms with Crippen LogP contribution in [0.4, 0.5) is 0 Å². The average molecular weight is 246 g/mol. The quantitative estimate of drug-likeness (QED) is 0.373. The van der Waals surface area contributed by atoms with E-state index in [1.165, 1.54) is 0 Å². The van der Waals surface area contributed by atoms with Crippen LogP contribution in [0.1, 0.15) is 12.5 Å². The molecule has 3 N–H and O–H groups in total. The Balaban J connectivity index is 2.28. The Morgan fingerprint density at radius 2 is 2.28 bits per heavy atom. The van der Waals surface area contributed by atoms with Crippen molar-refractivity contribution in [2.24, 2.45) is 10.9 Å². The van der Waals surface area contributed by atoms with Gasteiger partial charge in [-0.25, -0.2) is 0 Å². The number of rotatable bonds is 4. The number of nitrogens with two attached hydrogens (primary N) is 1. The third-order valence-electron chi connectivity index (χ3n) is 2.43. The zero-order valence-corrected chi connectivity index (χ0v) is 9.95. The molecule has 0 saturated carbocycles.